The number of ether oxygens (including phenoxy) is 3. The number of likely N-dealkylation sites (N-methyl/N-ethyl adjacent to an activating group) is 1. The highest BCUT2D eigenvalue weighted by Crippen LogP contribution is 2.49. The number of rotatable bonds is 3. The van der Waals surface area contributed by atoms with Gasteiger partial charge in [0.15, 0.2) is 11.5 Å². The molecule has 0 fully saturated rings. The van der Waals surface area contributed by atoms with Crippen LogP contribution in [-0.2, 0) is 6.42 Å². The largest absolute Gasteiger partial charge is 0.492 e. The lowest BCUT2D eigenvalue weighted by atomic mass is 9.88. The minimum absolute atomic E-state index is 0.106. The Hall–Kier alpha value is -1.95. The molecule has 1 atom stereocenters. The lowest BCUT2D eigenvalue weighted by Gasteiger charge is -2.35. The van der Waals surface area contributed by atoms with E-state index in [4.69, 9.17) is 19.4 Å². The molecule has 3 rings (SSSR count). The molecule has 2 aliphatic heterocycles. The molecular formula is C15H20N2O4. The van der Waals surface area contributed by atoms with Gasteiger partial charge in [-0.2, -0.15) is 0 Å². The number of oxime groups is 1. The molecule has 0 saturated carbocycles. The molecule has 0 saturated heterocycles. The van der Waals surface area contributed by atoms with Crippen LogP contribution in [0.3, 0.4) is 0 Å². The third-order valence-corrected chi connectivity index (χ3v) is 4.21. The minimum atomic E-state index is 0.106. The first-order chi connectivity index (χ1) is 10.2. The summed E-state index contributed by atoms with van der Waals surface area (Å²) in [7, 11) is 3.72. The molecule has 0 radical (unpaired) electrons. The van der Waals surface area contributed by atoms with Crippen molar-refractivity contribution in [3.8, 4) is 17.2 Å². The predicted molar refractivity (Wildman–Crippen MR) is 77.7 cm³/mol. The lowest BCUT2D eigenvalue weighted by Crippen LogP contribution is -2.33. The van der Waals surface area contributed by atoms with Crippen molar-refractivity contribution < 1.29 is 19.4 Å². The van der Waals surface area contributed by atoms with Crippen LogP contribution in [0.1, 0.15) is 30.5 Å². The molecule has 1 aromatic rings. The highest BCUT2D eigenvalue weighted by molar-refractivity contribution is 5.82. The van der Waals surface area contributed by atoms with E-state index >= 15 is 0 Å². The van der Waals surface area contributed by atoms with Crippen LogP contribution in [0.4, 0.5) is 0 Å². The Balaban J connectivity index is 2.11. The van der Waals surface area contributed by atoms with Gasteiger partial charge in [0.2, 0.25) is 12.5 Å². The van der Waals surface area contributed by atoms with Crippen LogP contribution in [-0.4, -0.2) is 43.3 Å². The summed E-state index contributed by atoms with van der Waals surface area (Å²) in [6.07, 6.45) is 1.58. The van der Waals surface area contributed by atoms with Gasteiger partial charge in [0.1, 0.15) is 0 Å². The molecule has 1 aromatic carbocycles. The summed E-state index contributed by atoms with van der Waals surface area (Å²) in [6, 6.07) is 2.15. The van der Waals surface area contributed by atoms with E-state index in [0.29, 0.717) is 17.9 Å². The zero-order valence-corrected chi connectivity index (χ0v) is 12.5. The van der Waals surface area contributed by atoms with Crippen molar-refractivity contribution in [3.63, 3.8) is 0 Å². The molecule has 1 N–H and O–H groups in total. The van der Waals surface area contributed by atoms with Crippen molar-refractivity contribution in [2.24, 2.45) is 5.16 Å². The van der Waals surface area contributed by atoms with Gasteiger partial charge in [-0.15, -0.1) is 0 Å². The molecule has 0 spiro atoms. The van der Waals surface area contributed by atoms with Crippen LogP contribution >= 0.6 is 0 Å². The van der Waals surface area contributed by atoms with E-state index in [-0.39, 0.29) is 12.8 Å². The smallest absolute Gasteiger partial charge is 0.231 e. The fourth-order valence-corrected chi connectivity index (χ4v) is 3.10. The fraction of sp³-hybridized carbons (Fsp3) is 0.533. The Morgan fingerprint density at radius 2 is 2.33 bits per heavy atom. The van der Waals surface area contributed by atoms with Crippen LogP contribution in [0.2, 0.25) is 0 Å². The normalized spacial score (nSPS) is 21.3. The van der Waals surface area contributed by atoms with Gasteiger partial charge in [0.25, 0.3) is 0 Å². The highest BCUT2D eigenvalue weighted by atomic mass is 16.7. The Labute approximate surface area is 123 Å². The topological polar surface area (TPSA) is 63.5 Å². The maximum Gasteiger partial charge on any atom is 0.231 e. The molecule has 21 heavy (non-hydrogen) atoms. The zero-order valence-electron chi connectivity index (χ0n) is 12.5. The van der Waals surface area contributed by atoms with Crippen LogP contribution in [0.5, 0.6) is 17.2 Å². The van der Waals surface area contributed by atoms with Crippen molar-refractivity contribution in [2.45, 2.75) is 25.8 Å². The number of hydrogen-bond donors (Lipinski definition) is 1. The van der Waals surface area contributed by atoms with E-state index in [1.165, 1.54) is 5.56 Å². The average molecular weight is 292 g/mol. The Bertz CT molecular complexity index is 586. The van der Waals surface area contributed by atoms with Gasteiger partial charge in [0.05, 0.1) is 12.8 Å². The third kappa shape index (κ3) is 2.29. The van der Waals surface area contributed by atoms with E-state index < -0.39 is 0 Å². The molecule has 114 valence electrons. The van der Waals surface area contributed by atoms with Crippen LogP contribution in [0, 0.1) is 0 Å². The second kappa shape index (κ2) is 5.44. The molecule has 0 aromatic heterocycles. The molecule has 2 aliphatic rings. The molecule has 0 amide bonds. The lowest BCUT2D eigenvalue weighted by molar-refractivity contribution is 0.170. The van der Waals surface area contributed by atoms with Gasteiger partial charge < -0.3 is 19.4 Å². The van der Waals surface area contributed by atoms with Crippen molar-refractivity contribution in [2.75, 3.05) is 27.5 Å². The summed E-state index contributed by atoms with van der Waals surface area (Å²) >= 11 is 0. The van der Waals surface area contributed by atoms with Crippen LogP contribution < -0.4 is 14.2 Å². The van der Waals surface area contributed by atoms with Gasteiger partial charge in [-0.3, -0.25) is 4.90 Å². The summed E-state index contributed by atoms with van der Waals surface area (Å²) in [6.45, 7) is 2.99. The van der Waals surface area contributed by atoms with E-state index in [0.717, 1.165) is 30.0 Å². The van der Waals surface area contributed by atoms with Crippen molar-refractivity contribution >= 4 is 5.71 Å². The summed E-state index contributed by atoms with van der Waals surface area (Å²) in [4.78, 5) is 2.25. The molecule has 6 heteroatoms. The second-order valence-corrected chi connectivity index (χ2v) is 5.50. The number of benzene rings is 1. The van der Waals surface area contributed by atoms with Gasteiger partial charge in [0, 0.05) is 24.6 Å². The minimum Gasteiger partial charge on any atom is -0.492 e. The number of nitrogens with zero attached hydrogens (tertiary/aromatic N) is 2. The average Bonchev–Trinajstić information content (AvgIpc) is 2.95. The monoisotopic (exact) mass is 292 g/mol. The summed E-state index contributed by atoms with van der Waals surface area (Å²) in [5.41, 5.74) is 3.02. The van der Waals surface area contributed by atoms with Gasteiger partial charge in [-0.1, -0.05) is 5.16 Å². The Kier molecular flexibility index (Phi) is 3.63. The third-order valence-electron chi connectivity index (χ3n) is 4.21. The van der Waals surface area contributed by atoms with E-state index in [9.17, 15) is 0 Å². The van der Waals surface area contributed by atoms with E-state index in [2.05, 4.69) is 17.1 Å². The highest BCUT2D eigenvalue weighted by Gasteiger charge is 2.34. The summed E-state index contributed by atoms with van der Waals surface area (Å²) in [5.74, 6) is 2.17. The van der Waals surface area contributed by atoms with Crippen molar-refractivity contribution in [1.82, 2.24) is 4.90 Å². The maximum absolute atomic E-state index is 8.97. The maximum atomic E-state index is 8.97. The standard InChI is InChI=1S/C15H20N2O4/c1-9(16-18)6-11-13-10(4-5-17(11)2)7-12-14(15(13)19-3)21-8-20-12/h7,11,18H,4-6,8H2,1-3H3/b16-9-/t11-/m1/s1. The van der Waals surface area contributed by atoms with E-state index in [1.54, 1.807) is 7.11 Å². The first-order valence-electron chi connectivity index (χ1n) is 7.02. The molecule has 0 bridgehead atoms. The van der Waals surface area contributed by atoms with Crippen molar-refractivity contribution in [1.29, 1.82) is 0 Å². The molecule has 2 heterocycles. The summed E-state index contributed by atoms with van der Waals surface area (Å²) < 4.78 is 16.7. The quantitative estimate of drug-likeness (QED) is 0.525. The summed E-state index contributed by atoms with van der Waals surface area (Å²) in [5, 5.41) is 12.3. The number of fused-ring (bicyclic) bond motifs is 2. The SMILES string of the molecule is COc1c2c(cc3c1[C@@H](C/C(C)=N\O)N(C)CC3)OCO2. The van der Waals surface area contributed by atoms with E-state index in [1.807, 2.05) is 13.0 Å². The van der Waals surface area contributed by atoms with Gasteiger partial charge in [-0.25, -0.2) is 0 Å². The number of hydrogen-bond acceptors (Lipinski definition) is 6. The Morgan fingerprint density at radius 3 is 3.05 bits per heavy atom. The number of methoxy groups -OCH3 is 1. The van der Waals surface area contributed by atoms with Crippen molar-refractivity contribution in [3.05, 3.63) is 17.2 Å². The van der Waals surface area contributed by atoms with Crippen LogP contribution in [0.25, 0.3) is 0 Å². The van der Waals surface area contributed by atoms with Crippen LogP contribution in [0.15, 0.2) is 11.2 Å². The predicted octanol–water partition coefficient (Wildman–Crippen LogP) is 2.19. The first-order valence-corrected chi connectivity index (χ1v) is 7.02. The molecular weight excluding hydrogens is 272 g/mol. The molecule has 0 aliphatic carbocycles. The fourth-order valence-electron chi connectivity index (χ4n) is 3.10. The molecule has 6 nitrogen and oxygen atoms in total. The Morgan fingerprint density at radius 1 is 1.52 bits per heavy atom. The zero-order chi connectivity index (χ0) is 15.0. The van der Waals surface area contributed by atoms with Gasteiger partial charge in [-0.05, 0) is 32.0 Å². The molecule has 0 unspecified atom stereocenters. The first kappa shape index (κ1) is 14.0. The second-order valence-electron chi connectivity index (χ2n) is 5.50. The van der Waals surface area contributed by atoms with Gasteiger partial charge >= 0.3 is 0 Å².